The van der Waals surface area contributed by atoms with Gasteiger partial charge in [0.25, 0.3) is 0 Å². The molecule has 0 saturated carbocycles. The first-order valence-electron chi connectivity index (χ1n) is 6.34. The third-order valence-corrected chi connectivity index (χ3v) is 3.29. The largest absolute Gasteiger partial charge is 0.237 e. The molecule has 0 aliphatic heterocycles. The van der Waals surface area contributed by atoms with Gasteiger partial charge in [-0.1, -0.05) is 25.4 Å². The molecule has 2 rings (SSSR count). The fourth-order valence-electron chi connectivity index (χ4n) is 2.23. The lowest BCUT2D eigenvalue weighted by molar-refractivity contribution is 0.580. The summed E-state index contributed by atoms with van der Waals surface area (Å²) in [5.41, 5.74) is 2.18. The summed E-state index contributed by atoms with van der Waals surface area (Å²) in [6.07, 6.45) is 0.244. The minimum Gasteiger partial charge on any atom is -0.237 e. The van der Waals surface area contributed by atoms with E-state index in [1.165, 1.54) is 12.1 Å². The number of nitrogens with zero attached hydrogens (tertiary/aromatic N) is 2. The van der Waals surface area contributed by atoms with E-state index in [4.69, 9.17) is 11.6 Å². The summed E-state index contributed by atoms with van der Waals surface area (Å²) in [6, 6.07) is 3.38. The molecule has 0 spiro atoms. The van der Waals surface area contributed by atoms with Gasteiger partial charge in [0.2, 0.25) is 0 Å². The molecule has 2 aromatic rings. The van der Waals surface area contributed by atoms with Gasteiger partial charge in [0.1, 0.15) is 22.6 Å². The zero-order chi connectivity index (χ0) is 14.9. The first kappa shape index (κ1) is 14.9. The van der Waals surface area contributed by atoms with E-state index in [0.717, 1.165) is 17.3 Å². The lowest BCUT2D eigenvalue weighted by Crippen LogP contribution is -2.05. The molecule has 1 aromatic heterocycles. The molecule has 1 aromatic carbocycles. The first-order valence-corrected chi connectivity index (χ1v) is 6.72. The highest BCUT2D eigenvalue weighted by Gasteiger charge is 2.13. The molecule has 0 amide bonds. The standard InChI is InChI=1S/C15H15ClF2N2/c1-8(2)14-9(3)19-13(20-15(14)16)6-10-4-11(17)7-12(18)5-10/h4-5,7-8H,6H2,1-3H3. The average Bonchev–Trinajstić information content (AvgIpc) is 2.25. The van der Waals surface area contributed by atoms with Crippen molar-refractivity contribution < 1.29 is 8.78 Å². The SMILES string of the molecule is Cc1nc(Cc2cc(F)cc(F)c2)nc(Cl)c1C(C)C. The Morgan fingerprint density at radius 3 is 2.20 bits per heavy atom. The number of rotatable bonds is 3. The van der Waals surface area contributed by atoms with Gasteiger partial charge in [-0.05, 0) is 30.5 Å². The number of aryl methyl sites for hydroxylation is 1. The van der Waals surface area contributed by atoms with Crippen molar-refractivity contribution in [3.63, 3.8) is 0 Å². The van der Waals surface area contributed by atoms with Crippen molar-refractivity contribution in [2.45, 2.75) is 33.1 Å². The van der Waals surface area contributed by atoms with Crippen LogP contribution in [0, 0.1) is 18.6 Å². The van der Waals surface area contributed by atoms with Crippen LogP contribution in [0.25, 0.3) is 0 Å². The van der Waals surface area contributed by atoms with E-state index in [2.05, 4.69) is 9.97 Å². The predicted molar refractivity (Wildman–Crippen MR) is 75.0 cm³/mol. The Labute approximate surface area is 121 Å². The highest BCUT2D eigenvalue weighted by atomic mass is 35.5. The summed E-state index contributed by atoms with van der Waals surface area (Å²) < 4.78 is 26.3. The zero-order valence-corrected chi connectivity index (χ0v) is 12.3. The molecule has 106 valence electrons. The molecule has 0 aliphatic carbocycles. The van der Waals surface area contributed by atoms with E-state index in [-0.39, 0.29) is 12.3 Å². The van der Waals surface area contributed by atoms with Crippen LogP contribution in [0.4, 0.5) is 8.78 Å². The third-order valence-electron chi connectivity index (χ3n) is 3.00. The molecule has 2 nitrogen and oxygen atoms in total. The normalized spacial score (nSPS) is 11.2. The number of aromatic nitrogens is 2. The zero-order valence-electron chi connectivity index (χ0n) is 11.5. The fourth-order valence-corrected chi connectivity index (χ4v) is 2.68. The van der Waals surface area contributed by atoms with E-state index in [9.17, 15) is 8.78 Å². The molecule has 0 N–H and O–H groups in total. The van der Waals surface area contributed by atoms with Gasteiger partial charge in [0.05, 0.1) is 0 Å². The number of halogens is 3. The maximum absolute atomic E-state index is 13.2. The molecule has 0 bridgehead atoms. The Kier molecular flexibility index (Phi) is 4.33. The summed E-state index contributed by atoms with van der Waals surface area (Å²) in [5.74, 6) is -0.534. The summed E-state index contributed by atoms with van der Waals surface area (Å²) >= 11 is 6.16. The van der Waals surface area contributed by atoms with Crippen LogP contribution in [0.1, 0.15) is 42.4 Å². The van der Waals surface area contributed by atoms with Crippen molar-refractivity contribution in [1.82, 2.24) is 9.97 Å². The molecule has 0 atom stereocenters. The highest BCUT2D eigenvalue weighted by Crippen LogP contribution is 2.25. The number of hydrogen-bond donors (Lipinski definition) is 0. The number of benzene rings is 1. The van der Waals surface area contributed by atoms with Gasteiger partial charge < -0.3 is 0 Å². The van der Waals surface area contributed by atoms with Crippen LogP contribution in [0.5, 0.6) is 0 Å². The monoisotopic (exact) mass is 296 g/mol. The minimum absolute atomic E-state index is 0.225. The van der Waals surface area contributed by atoms with Gasteiger partial charge >= 0.3 is 0 Å². The van der Waals surface area contributed by atoms with Crippen molar-refractivity contribution in [3.8, 4) is 0 Å². The van der Waals surface area contributed by atoms with Crippen molar-refractivity contribution in [2.24, 2.45) is 0 Å². The van der Waals surface area contributed by atoms with Crippen LogP contribution in [-0.2, 0) is 6.42 Å². The lowest BCUT2D eigenvalue weighted by Gasteiger charge is -2.12. The Morgan fingerprint density at radius 2 is 1.70 bits per heavy atom. The van der Waals surface area contributed by atoms with E-state index < -0.39 is 11.6 Å². The van der Waals surface area contributed by atoms with E-state index >= 15 is 0 Å². The van der Waals surface area contributed by atoms with Crippen LogP contribution in [-0.4, -0.2) is 9.97 Å². The topological polar surface area (TPSA) is 25.8 Å². The molecule has 5 heteroatoms. The molecular formula is C15H15ClF2N2. The average molecular weight is 297 g/mol. The second-order valence-corrected chi connectivity index (χ2v) is 5.40. The second kappa shape index (κ2) is 5.83. The summed E-state index contributed by atoms with van der Waals surface area (Å²) in [6.45, 7) is 5.89. The smallest absolute Gasteiger partial charge is 0.136 e. The van der Waals surface area contributed by atoms with Crippen LogP contribution in [0.15, 0.2) is 18.2 Å². The van der Waals surface area contributed by atoms with Crippen LogP contribution in [0.2, 0.25) is 5.15 Å². The molecule has 0 unspecified atom stereocenters. The van der Waals surface area contributed by atoms with Gasteiger partial charge in [-0.3, -0.25) is 0 Å². The maximum Gasteiger partial charge on any atom is 0.136 e. The molecule has 20 heavy (non-hydrogen) atoms. The van der Waals surface area contributed by atoms with Crippen LogP contribution in [0.3, 0.4) is 0 Å². The van der Waals surface area contributed by atoms with Crippen LogP contribution < -0.4 is 0 Å². The lowest BCUT2D eigenvalue weighted by atomic mass is 10.0. The molecular weight excluding hydrogens is 282 g/mol. The Hall–Kier alpha value is -1.55. The third kappa shape index (κ3) is 3.31. The van der Waals surface area contributed by atoms with E-state index in [0.29, 0.717) is 16.5 Å². The van der Waals surface area contributed by atoms with E-state index in [1.807, 2.05) is 20.8 Å². The van der Waals surface area contributed by atoms with Gasteiger partial charge in [-0.25, -0.2) is 18.7 Å². The molecule has 1 heterocycles. The van der Waals surface area contributed by atoms with E-state index in [1.54, 1.807) is 0 Å². The Bertz CT molecular complexity index is 599. The van der Waals surface area contributed by atoms with Gasteiger partial charge in [0.15, 0.2) is 0 Å². The van der Waals surface area contributed by atoms with Gasteiger partial charge in [0, 0.05) is 23.7 Å². The molecule has 0 saturated heterocycles. The molecule has 0 radical (unpaired) electrons. The minimum atomic E-state index is -0.610. The quantitative estimate of drug-likeness (QED) is 0.783. The van der Waals surface area contributed by atoms with Crippen molar-refractivity contribution in [3.05, 3.63) is 57.6 Å². The summed E-state index contributed by atoms with van der Waals surface area (Å²) in [4.78, 5) is 8.59. The Balaban J connectivity index is 2.35. The summed E-state index contributed by atoms with van der Waals surface area (Å²) in [5, 5.41) is 0.402. The molecule has 0 fully saturated rings. The van der Waals surface area contributed by atoms with Crippen molar-refractivity contribution in [1.29, 1.82) is 0 Å². The predicted octanol–water partition coefficient (Wildman–Crippen LogP) is 4.43. The van der Waals surface area contributed by atoms with Crippen molar-refractivity contribution in [2.75, 3.05) is 0 Å². The van der Waals surface area contributed by atoms with Crippen molar-refractivity contribution >= 4 is 11.6 Å². The second-order valence-electron chi connectivity index (χ2n) is 5.04. The fraction of sp³-hybridized carbons (Fsp3) is 0.333. The number of hydrogen-bond acceptors (Lipinski definition) is 2. The molecule has 0 aliphatic rings. The first-order chi connectivity index (χ1) is 9.36. The maximum atomic E-state index is 13.2. The van der Waals surface area contributed by atoms with Gasteiger partial charge in [-0.2, -0.15) is 0 Å². The summed E-state index contributed by atoms with van der Waals surface area (Å²) in [7, 11) is 0. The van der Waals surface area contributed by atoms with Gasteiger partial charge in [-0.15, -0.1) is 0 Å². The Morgan fingerprint density at radius 1 is 1.10 bits per heavy atom. The van der Waals surface area contributed by atoms with Crippen LogP contribution >= 0.6 is 11.6 Å². The highest BCUT2D eigenvalue weighted by molar-refractivity contribution is 6.30.